The van der Waals surface area contributed by atoms with Crippen molar-refractivity contribution in [2.24, 2.45) is 5.92 Å². The number of aromatic nitrogens is 1. The molecule has 90 valence electrons. The number of rotatable bonds is 4. The Bertz CT molecular complexity index is 546. The van der Waals surface area contributed by atoms with Gasteiger partial charge in [0.15, 0.2) is 5.58 Å². The van der Waals surface area contributed by atoms with Gasteiger partial charge in [0.05, 0.1) is 6.54 Å². The molecule has 0 amide bonds. The molecule has 0 bridgehead atoms. The van der Waals surface area contributed by atoms with Gasteiger partial charge in [0.25, 0.3) is 0 Å². The van der Waals surface area contributed by atoms with Gasteiger partial charge in [0, 0.05) is 5.02 Å². The largest absolute Gasteiger partial charge is 0.439 e. The zero-order valence-electron chi connectivity index (χ0n) is 9.79. The van der Waals surface area contributed by atoms with Crippen LogP contribution >= 0.6 is 11.6 Å². The van der Waals surface area contributed by atoms with Gasteiger partial charge in [-0.15, -0.1) is 0 Å². The third-order valence-electron chi connectivity index (χ3n) is 3.09. The van der Waals surface area contributed by atoms with E-state index in [4.69, 9.17) is 16.0 Å². The number of fused-ring (bicyclic) bond motifs is 1. The fourth-order valence-corrected chi connectivity index (χ4v) is 2.25. The van der Waals surface area contributed by atoms with Gasteiger partial charge in [0.2, 0.25) is 5.89 Å². The fraction of sp³-hybridized carbons (Fsp3) is 0.462. The Morgan fingerprint density at radius 3 is 3.06 bits per heavy atom. The van der Waals surface area contributed by atoms with Gasteiger partial charge in [-0.3, -0.25) is 0 Å². The van der Waals surface area contributed by atoms with Crippen molar-refractivity contribution >= 4 is 22.7 Å². The number of nitrogens with zero attached hydrogens (tertiary/aromatic N) is 1. The highest BCUT2D eigenvalue weighted by atomic mass is 35.5. The van der Waals surface area contributed by atoms with E-state index in [-0.39, 0.29) is 0 Å². The van der Waals surface area contributed by atoms with E-state index in [2.05, 4.69) is 10.3 Å². The maximum absolute atomic E-state index is 5.99. The Morgan fingerprint density at radius 2 is 2.29 bits per heavy atom. The van der Waals surface area contributed by atoms with Crippen molar-refractivity contribution in [2.45, 2.75) is 26.3 Å². The monoisotopic (exact) mass is 250 g/mol. The lowest BCUT2D eigenvalue weighted by Crippen LogP contribution is -2.16. The normalized spacial score (nSPS) is 15.6. The second-order valence-electron chi connectivity index (χ2n) is 4.75. The van der Waals surface area contributed by atoms with E-state index in [0.717, 1.165) is 35.0 Å². The quantitative estimate of drug-likeness (QED) is 0.905. The second-order valence-corrected chi connectivity index (χ2v) is 5.19. The molecule has 0 aliphatic heterocycles. The lowest BCUT2D eigenvalue weighted by Gasteiger charge is -1.98. The molecule has 1 N–H and O–H groups in total. The van der Waals surface area contributed by atoms with Crippen molar-refractivity contribution in [1.29, 1.82) is 0 Å². The van der Waals surface area contributed by atoms with Gasteiger partial charge < -0.3 is 9.73 Å². The van der Waals surface area contributed by atoms with Crippen LogP contribution in [-0.4, -0.2) is 11.5 Å². The highest BCUT2D eigenvalue weighted by Crippen LogP contribution is 2.28. The predicted octanol–water partition coefficient (Wildman–Crippen LogP) is 3.29. The van der Waals surface area contributed by atoms with Gasteiger partial charge in [-0.25, -0.2) is 4.98 Å². The average Bonchev–Trinajstić information content (AvgIpc) is 2.98. The molecule has 3 nitrogen and oxygen atoms in total. The topological polar surface area (TPSA) is 38.1 Å². The summed E-state index contributed by atoms with van der Waals surface area (Å²) in [4.78, 5) is 4.44. The van der Waals surface area contributed by atoms with Crippen LogP contribution in [0.2, 0.25) is 5.02 Å². The maximum Gasteiger partial charge on any atom is 0.209 e. The molecule has 0 radical (unpaired) electrons. The van der Waals surface area contributed by atoms with Crippen molar-refractivity contribution < 1.29 is 4.42 Å². The summed E-state index contributed by atoms with van der Waals surface area (Å²) in [7, 11) is 0. The highest BCUT2D eigenvalue weighted by Gasteiger charge is 2.20. The average molecular weight is 251 g/mol. The number of oxazole rings is 1. The molecule has 0 saturated heterocycles. The van der Waals surface area contributed by atoms with Crippen molar-refractivity contribution in [2.75, 3.05) is 6.54 Å². The molecule has 4 heteroatoms. The molecule has 1 aromatic heterocycles. The van der Waals surface area contributed by atoms with Gasteiger partial charge in [0.1, 0.15) is 5.52 Å². The summed E-state index contributed by atoms with van der Waals surface area (Å²) < 4.78 is 5.72. The fourth-order valence-electron chi connectivity index (χ4n) is 1.98. The molecule has 1 heterocycles. The zero-order chi connectivity index (χ0) is 11.8. The van der Waals surface area contributed by atoms with Crippen LogP contribution in [0.5, 0.6) is 0 Å². The molecule has 0 spiro atoms. The number of nitrogens with one attached hydrogen (secondary N) is 1. The number of hydrogen-bond donors (Lipinski definition) is 1. The van der Waals surface area contributed by atoms with E-state index in [1.165, 1.54) is 12.8 Å². The van der Waals surface area contributed by atoms with Crippen LogP contribution in [0.25, 0.3) is 11.1 Å². The van der Waals surface area contributed by atoms with E-state index in [1.54, 1.807) is 0 Å². The van der Waals surface area contributed by atoms with E-state index in [9.17, 15) is 0 Å². The Morgan fingerprint density at radius 1 is 1.47 bits per heavy atom. The molecule has 0 unspecified atom stereocenters. The lowest BCUT2D eigenvalue weighted by atomic mass is 10.2. The van der Waals surface area contributed by atoms with Crippen LogP contribution in [0.3, 0.4) is 0 Å². The molecular weight excluding hydrogens is 236 g/mol. The van der Waals surface area contributed by atoms with Crippen LogP contribution in [0.1, 0.15) is 24.3 Å². The van der Waals surface area contributed by atoms with Crippen LogP contribution in [0.15, 0.2) is 16.5 Å². The molecule has 17 heavy (non-hydrogen) atoms. The minimum atomic E-state index is 0.697. The Kier molecular flexibility index (Phi) is 2.81. The minimum Gasteiger partial charge on any atom is -0.439 e. The van der Waals surface area contributed by atoms with Crippen LogP contribution in [-0.2, 0) is 6.54 Å². The summed E-state index contributed by atoms with van der Waals surface area (Å²) in [5, 5.41) is 4.08. The van der Waals surface area contributed by atoms with Crippen molar-refractivity contribution in [3.05, 3.63) is 28.6 Å². The first-order chi connectivity index (χ1) is 8.22. The number of aryl methyl sites for hydroxylation is 1. The van der Waals surface area contributed by atoms with Crippen molar-refractivity contribution in [3.8, 4) is 0 Å². The lowest BCUT2D eigenvalue weighted by molar-refractivity contribution is 0.489. The first-order valence-corrected chi connectivity index (χ1v) is 6.36. The van der Waals surface area contributed by atoms with Crippen molar-refractivity contribution in [3.63, 3.8) is 0 Å². The van der Waals surface area contributed by atoms with Gasteiger partial charge in [-0.1, -0.05) is 11.6 Å². The summed E-state index contributed by atoms with van der Waals surface area (Å²) in [6.45, 7) is 3.75. The Balaban J connectivity index is 1.77. The number of benzene rings is 1. The number of hydrogen-bond acceptors (Lipinski definition) is 3. The summed E-state index contributed by atoms with van der Waals surface area (Å²) in [6, 6.07) is 3.74. The SMILES string of the molecule is Cc1cc(Cl)cc2nc(CNCC3CC3)oc12. The molecule has 3 rings (SSSR count). The molecule has 1 aliphatic carbocycles. The zero-order valence-corrected chi connectivity index (χ0v) is 10.5. The second kappa shape index (κ2) is 4.31. The van der Waals surface area contributed by atoms with Gasteiger partial charge in [-0.05, 0) is 49.9 Å². The summed E-state index contributed by atoms with van der Waals surface area (Å²) in [6.07, 6.45) is 2.71. The first kappa shape index (κ1) is 11.1. The predicted molar refractivity (Wildman–Crippen MR) is 68.2 cm³/mol. The summed E-state index contributed by atoms with van der Waals surface area (Å²) in [5.74, 6) is 1.61. The van der Waals surface area contributed by atoms with Gasteiger partial charge >= 0.3 is 0 Å². The third kappa shape index (κ3) is 2.45. The Hall–Kier alpha value is -1.06. The van der Waals surface area contributed by atoms with E-state index in [1.807, 2.05) is 19.1 Å². The summed E-state index contributed by atoms with van der Waals surface area (Å²) >= 11 is 5.99. The summed E-state index contributed by atoms with van der Waals surface area (Å²) in [5.41, 5.74) is 2.73. The first-order valence-electron chi connectivity index (χ1n) is 5.98. The standard InChI is InChI=1S/C13H15ClN2O/c1-8-4-10(14)5-11-13(8)17-12(16-11)7-15-6-9-2-3-9/h4-5,9,15H,2-3,6-7H2,1H3. The van der Waals surface area contributed by atoms with E-state index in [0.29, 0.717) is 11.6 Å². The van der Waals surface area contributed by atoms with Crippen LogP contribution in [0, 0.1) is 12.8 Å². The maximum atomic E-state index is 5.99. The molecule has 1 aromatic carbocycles. The minimum absolute atomic E-state index is 0.697. The van der Waals surface area contributed by atoms with Crippen LogP contribution in [0.4, 0.5) is 0 Å². The van der Waals surface area contributed by atoms with Crippen LogP contribution < -0.4 is 5.32 Å². The Labute approximate surface area is 105 Å². The molecule has 0 atom stereocenters. The molecule has 1 saturated carbocycles. The third-order valence-corrected chi connectivity index (χ3v) is 3.31. The number of halogens is 1. The molecule has 1 fully saturated rings. The molecule has 2 aromatic rings. The van der Waals surface area contributed by atoms with E-state index >= 15 is 0 Å². The molecule has 1 aliphatic rings. The van der Waals surface area contributed by atoms with E-state index < -0.39 is 0 Å². The van der Waals surface area contributed by atoms with Gasteiger partial charge in [-0.2, -0.15) is 0 Å². The smallest absolute Gasteiger partial charge is 0.209 e. The highest BCUT2D eigenvalue weighted by molar-refractivity contribution is 6.31. The van der Waals surface area contributed by atoms with Crippen molar-refractivity contribution in [1.82, 2.24) is 10.3 Å². The molecular formula is C13H15ClN2O.